The lowest BCUT2D eigenvalue weighted by Crippen LogP contribution is -2.29. The predicted octanol–water partition coefficient (Wildman–Crippen LogP) is 1.32. The standard InChI is InChI=1S/C12H14BrNO6S/c1-14(3-2-12(15)16)21(17,18)11-7-10-9(6-8(11)13)19-4-5-20-10/h6-7H,2-5H2,1H3,(H,15,16). The highest BCUT2D eigenvalue weighted by molar-refractivity contribution is 9.10. The second-order valence-corrected chi connectivity index (χ2v) is 7.26. The Kier molecular flexibility index (Phi) is 4.74. The van der Waals surface area contributed by atoms with Gasteiger partial charge in [0.2, 0.25) is 10.0 Å². The Morgan fingerprint density at radius 3 is 2.48 bits per heavy atom. The number of nitrogens with zero attached hydrogens (tertiary/aromatic N) is 1. The molecule has 1 aromatic rings. The summed E-state index contributed by atoms with van der Waals surface area (Å²) in [5.74, 6) is -0.229. The smallest absolute Gasteiger partial charge is 0.304 e. The summed E-state index contributed by atoms with van der Waals surface area (Å²) in [5.41, 5.74) is 0. The Hall–Kier alpha value is -1.32. The van der Waals surface area contributed by atoms with Crippen LogP contribution in [0.15, 0.2) is 21.5 Å². The lowest BCUT2D eigenvalue weighted by Gasteiger charge is -2.22. The van der Waals surface area contributed by atoms with Gasteiger partial charge in [0.1, 0.15) is 18.1 Å². The van der Waals surface area contributed by atoms with Gasteiger partial charge in [-0.2, -0.15) is 0 Å². The molecule has 2 rings (SSSR count). The number of hydrogen-bond acceptors (Lipinski definition) is 5. The second kappa shape index (κ2) is 6.20. The van der Waals surface area contributed by atoms with E-state index >= 15 is 0 Å². The van der Waals surface area contributed by atoms with Crippen LogP contribution in [-0.2, 0) is 14.8 Å². The largest absolute Gasteiger partial charge is 0.486 e. The van der Waals surface area contributed by atoms with Crippen LogP contribution in [0.2, 0.25) is 0 Å². The molecule has 0 fully saturated rings. The molecule has 0 amide bonds. The molecular formula is C12H14BrNO6S. The van der Waals surface area contributed by atoms with E-state index in [9.17, 15) is 13.2 Å². The lowest BCUT2D eigenvalue weighted by atomic mass is 10.3. The third-order valence-corrected chi connectivity index (χ3v) is 5.74. The first-order valence-corrected chi connectivity index (χ1v) is 8.33. The number of carbonyl (C=O) groups is 1. The molecule has 1 N–H and O–H groups in total. The molecule has 0 saturated heterocycles. The number of carboxylic acid groups (broad SMARTS) is 1. The molecule has 0 unspecified atom stereocenters. The zero-order chi connectivity index (χ0) is 15.6. The highest BCUT2D eigenvalue weighted by atomic mass is 79.9. The van der Waals surface area contributed by atoms with E-state index in [1.165, 1.54) is 19.2 Å². The predicted molar refractivity (Wildman–Crippen MR) is 77.2 cm³/mol. The van der Waals surface area contributed by atoms with Crippen LogP contribution in [0, 0.1) is 0 Å². The fourth-order valence-corrected chi connectivity index (χ4v) is 3.95. The van der Waals surface area contributed by atoms with Gasteiger partial charge in [-0.05, 0) is 22.0 Å². The maximum Gasteiger partial charge on any atom is 0.304 e. The summed E-state index contributed by atoms with van der Waals surface area (Å²) in [6, 6.07) is 2.91. The normalized spacial score (nSPS) is 14.2. The van der Waals surface area contributed by atoms with Gasteiger partial charge < -0.3 is 14.6 Å². The van der Waals surface area contributed by atoms with Crippen molar-refractivity contribution >= 4 is 31.9 Å². The van der Waals surface area contributed by atoms with Gasteiger partial charge in [0.25, 0.3) is 0 Å². The van der Waals surface area contributed by atoms with E-state index in [1.54, 1.807) is 0 Å². The summed E-state index contributed by atoms with van der Waals surface area (Å²) in [7, 11) is -2.48. The lowest BCUT2D eigenvalue weighted by molar-refractivity contribution is -0.137. The number of benzene rings is 1. The number of carboxylic acids is 1. The van der Waals surface area contributed by atoms with Gasteiger partial charge >= 0.3 is 5.97 Å². The van der Waals surface area contributed by atoms with Crippen molar-refractivity contribution in [1.29, 1.82) is 0 Å². The number of sulfonamides is 1. The number of rotatable bonds is 5. The molecule has 1 heterocycles. The number of ether oxygens (including phenoxy) is 2. The topological polar surface area (TPSA) is 93.1 Å². The molecule has 0 aliphatic carbocycles. The molecule has 1 aliphatic heterocycles. The van der Waals surface area contributed by atoms with E-state index in [0.29, 0.717) is 29.2 Å². The number of aliphatic carboxylic acids is 1. The van der Waals surface area contributed by atoms with Gasteiger partial charge in [-0.1, -0.05) is 0 Å². The molecule has 21 heavy (non-hydrogen) atoms. The Bertz CT molecular complexity index is 660. The van der Waals surface area contributed by atoms with Gasteiger partial charge in [-0.3, -0.25) is 4.79 Å². The quantitative estimate of drug-likeness (QED) is 0.828. The molecule has 116 valence electrons. The SMILES string of the molecule is CN(CCC(=O)O)S(=O)(=O)c1cc2c(cc1Br)OCCO2. The average molecular weight is 380 g/mol. The van der Waals surface area contributed by atoms with Crippen LogP contribution in [0.5, 0.6) is 11.5 Å². The molecule has 9 heteroatoms. The maximum atomic E-state index is 12.5. The molecule has 0 radical (unpaired) electrons. The first-order chi connectivity index (χ1) is 9.82. The summed E-state index contributed by atoms with van der Waals surface area (Å²) in [4.78, 5) is 10.6. The first-order valence-electron chi connectivity index (χ1n) is 6.09. The van der Waals surface area contributed by atoms with Crippen molar-refractivity contribution in [3.05, 3.63) is 16.6 Å². The number of fused-ring (bicyclic) bond motifs is 1. The first kappa shape index (κ1) is 16.1. The van der Waals surface area contributed by atoms with Crippen molar-refractivity contribution in [3.8, 4) is 11.5 Å². The molecule has 7 nitrogen and oxygen atoms in total. The van der Waals surface area contributed by atoms with Crippen LogP contribution < -0.4 is 9.47 Å². The molecule has 0 spiro atoms. The molecule has 0 atom stereocenters. The van der Waals surface area contributed by atoms with E-state index in [1.807, 2.05) is 0 Å². The third-order valence-electron chi connectivity index (χ3n) is 2.93. The van der Waals surface area contributed by atoms with Gasteiger partial charge in [-0.15, -0.1) is 0 Å². The summed E-state index contributed by atoms with van der Waals surface area (Å²) in [5, 5.41) is 8.64. The zero-order valence-corrected chi connectivity index (χ0v) is 13.6. The zero-order valence-electron chi connectivity index (χ0n) is 11.2. The van der Waals surface area contributed by atoms with Gasteiger partial charge in [0.05, 0.1) is 6.42 Å². The highest BCUT2D eigenvalue weighted by Gasteiger charge is 2.27. The van der Waals surface area contributed by atoms with Crippen molar-refractivity contribution < 1.29 is 27.8 Å². The fourth-order valence-electron chi connectivity index (χ4n) is 1.78. The minimum Gasteiger partial charge on any atom is -0.486 e. The summed E-state index contributed by atoms with van der Waals surface area (Å²) in [6.45, 7) is 0.644. The van der Waals surface area contributed by atoms with Crippen LogP contribution >= 0.6 is 15.9 Å². The summed E-state index contributed by atoms with van der Waals surface area (Å²) >= 11 is 3.20. The van der Waals surface area contributed by atoms with Crippen LogP contribution in [0.4, 0.5) is 0 Å². The minimum atomic E-state index is -3.81. The maximum absolute atomic E-state index is 12.5. The van der Waals surface area contributed by atoms with E-state index in [4.69, 9.17) is 14.6 Å². The van der Waals surface area contributed by atoms with Crippen LogP contribution in [0.25, 0.3) is 0 Å². The van der Waals surface area contributed by atoms with Crippen LogP contribution in [-0.4, -0.2) is 50.6 Å². The fraction of sp³-hybridized carbons (Fsp3) is 0.417. The summed E-state index contributed by atoms with van der Waals surface area (Å²) < 4.78 is 37.0. The average Bonchev–Trinajstić information content (AvgIpc) is 2.43. The van der Waals surface area contributed by atoms with Crippen LogP contribution in [0.1, 0.15) is 6.42 Å². The summed E-state index contributed by atoms with van der Waals surface area (Å²) in [6.07, 6.45) is -0.266. The molecule has 0 saturated carbocycles. The van der Waals surface area contributed by atoms with Crippen molar-refractivity contribution in [2.75, 3.05) is 26.8 Å². The van der Waals surface area contributed by atoms with E-state index in [2.05, 4.69) is 15.9 Å². The third kappa shape index (κ3) is 3.47. The van der Waals surface area contributed by atoms with Gasteiger partial charge in [0, 0.05) is 24.1 Å². The monoisotopic (exact) mass is 379 g/mol. The molecule has 1 aromatic carbocycles. The Morgan fingerprint density at radius 1 is 1.33 bits per heavy atom. The molecule has 0 aromatic heterocycles. The minimum absolute atomic E-state index is 0.0136. The Morgan fingerprint density at radius 2 is 1.90 bits per heavy atom. The van der Waals surface area contributed by atoms with Crippen molar-refractivity contribution in [3.63, 3.8) is 0 Å². The van der Waals surface area contributed by atoms with Gasteiger partial charge in [0.15, 0.2) is 11.5 Å². The Balaban J connectivity index is 2.33. The van der Waals surface area contributed by atoms with Gasteiger partial charge in [-0.25, -0.2) is 12.7 Å². The van der Waals surface area contributed by atoms with E-state index in [-0.39, 0.29) is 17.9 Å². The number of halogens is 1. The Labute approximate surface area is 130 Å². The molecule has 1 aliphatic rings. The number of hydrogen-bond donors (Lipinski definition) is 1. The van der Waals surface area contributed by atoms with Crippen molar-refractivity contribution in [2.45, 2.75) is 11.3 Å². The van der Waals surface area contributed by atoms with E-state index < -0.39 is 16.0 Å². The second-order valence-electron chi connectivity index (χ2n) is 4.40. The van der Waals surface area contributed by atoms with Crippen molar-refractivity contribution in [2.24, 2.45) is 0 Å². The molecular weight excluding hydrogens is 366 g/mol. The van der Waals surface area contributed by atoms with E-state index in [0.717, 1.165) is 4.31 Å². The van der Waals surface area contributed by atoms with Crippen molar-refractivity contribution in [1.82, 2.24) is 4.31 Å². The highest BCUT2D eigenvalue weighted by Crippen LogP contribution is 2.38. The van der Waals surface area contributed by atoms with Crippen LogP contribution in [0.3, 0.4) is 0 Å². The molecule has 0 bridgehead atoms.